The largest absolute Gasteiger partial charge is 0.573 e. The predicted octanol–water partition coefficient (Wildman–Crippen LogP) is 3.15. The fourth-order valence-electron chi connectivity index (χ4n) is 4.50. The number of fused-ring (bicyclic) bond motifs is 1. The lowest BCUT2D eigenvalue weighted by atomic mass is 10.1. The van der Waals surface area contributed by atoms with Gasteiger partial charge >= 0.3 is 6.36 Å². The highest BCUT2D eigenvalue weighted by Gasteiger charge is 2.40. The zero-order chi connectivity index (χ0) is 23.9. The van der Waals surface area contributed by atoms with E-state index in [1.807, 2.05) is 0 Å². The lowest BCUT2D eigenvalue weighted by molar-refractivity contribution is -0.274. The van der Waals surface area contributed by atoms with E-state index in [1.54, 1.807) is 17.3 Å². The van der Waals surface area contributed by atoms with Crippen LogP contribution in [0.1, 0.15) is 47.7 Å². The highest BCUT2D eigenvalue weighted by atomic mass is 19.4. The van der Waals surface area contributed by atoms with Gasteiger partial charge in [-0.15, -0.1) is 13.2 Å². The van der Waals surface area contributed by atoms with Gasteiger partial charge in [-0.1, -0.05) is 6.07 Å². The molecule has 3 fully saturated rings. The normalized spacial score (nSPS) is 22.9. The number of amides is 2. The van der Waals surface area contributed by atoms with E-state index in [0.717, 1.165) is 30.7 Å². The Balaban J connectivity index is 1.24. The summed E-state index contributed by atoms with van der Waals surface area (Å²) in [6.45, 7) is 0.836. The Kier molecular flexibility index (Phi) is 5.78. The van der Waals surface area contributed by atoms with E-state index in [1.165, 1.54) is 17.0 Å². The molecule has 0 radical (unpaired) electrons. The number of ether oxygens (including phenoxy) is 2. The molecule has 0 spiro atoms. The van der Waals surface area contributed by atoms with Gasteiger partial charge in [0.15, 0.2) is 0 Å². The number of aromatic nitrogens is 2. The molecule has 8 nitrogen and oxygen atoms in total. The molecule has 1 aromatic carbocycles. The molecule has 2 aromatic rings. The van der Waals surface area contributed by atoms with Gasteiger partial charge in [-0.2, -0.15) is 0 Å². The molecule has 0 bridgehead atoms. The van der Waals surface area contributed by atoms with E-state index in [2.05, 4.69) is 14.7 Å². The summed E-state index contributed by atoms with van der Waals surface area (Å²) in [5.41, 5.74) is 1.03. The summed E-state index contributed by atoms with van der Waals surface area (Å²) in [6, 6.07) is 4.71. The van der Waals surface area contributed by atoms with Gasteiger partial charge in [0.1, 0.15) is 11.9 Å². The summed E-state index contributed by atoms with van der Waals surface area (Å²) < 4.78 is 47.5. The highest BCUT2D eigenvalue weighted by molar-refractivity contribution is 5.95. The van der Waals surface area contributed by atoms with Gasteiger partial charge in [-0.05, 0) is 31.0 Å². The van der Waals surface area contributed by atoms with Crippen molar-refractivity contribution in [3.05, 3.63) is 47.9 Å². The first kappa shape index (κ1) is 22.4. The van der Waals surface area contributed by atoms with Crippen LogP contribution in [0.25, 0.3) is 0 Å². The second-order valence-corrected chi connectivity index (χ2v) is 8.81. The summed E-state index contributed by atoms with van der Waals surface area (Å²) in [5, 5.41) is 0. The molecule has 0 N–H and O–H groups in total. The standard InChI is InChI=1S/C23H23F3N4O4/c24-23(25,26)34-17-3-1-2-15(8-17)22(32)29-7-6-21(31)30-13-18(9-16(30)12-29)33-20-11-27-19(10-28-20)14-4-5-14/h1-3,8,10-11,14,16,18H,4-7,9,12-13H2. The number of hydrogen-bond acceptors (Lipinski definition) is 6. The van der Waals surface area contributed by atoms with Gasteiger partial charge < -0.3 is 19.3 Å². The Bertz CT molecular complexity index is 1070. The summed E-state index contributed by atoms with van der Waals surface area (Å²) in [7, 11) is 0. The first-order valence-electron chi connectivity index (χ1n) is 11.2. The molecule has 2 unspecified atom stereocenters. The van der Waals surface area contributed by atoms with E-state index < -0.39 is 18.0 Å². The van der Waals surface area contributed by atoms with Crippen LogP contribution >= 0.6 is 0 Å². The van der Waals surface area contributed by atoms with Crippen molar-refractivity contribution in [2.75, 3.05) is 19.6 Å². The quantitative estimate of drug-likeness (QED) is 0.659. The summed E-state index contributed by atoms with van der Waals surface area (Å²) in [6.07, 6.45) is 1.10. The molecule has 34 heavy (non-hydrogen) atoms. The number of carbonyl (C=O) groups is 2. The van der Waals surface area contributed by atoms with Gasteiger partial charge in [0, 0.05) is 37.4 Å². The van der Waals surface area contributed by atoms with Crippen LogP contribution in [0.5, 0.6) is 11.6 Å². The SMILES string of the molecule is O=C(c1cccc(OC(F)(F)F)c1)N1CCC(=O)N2CC(Oc3cnc(C4CC4)cn3)CC2C1. The summed E-state index contributed by atoms with van der Waals surface area (Å²) in [5.74, 6) is -0.112. The zero-order valence-corrected chi connectivity index (χ0v) is 18.2. The van der Waals surface area contributed by atoms with Crippen LogP contribution < -0.4 is 9.47 Å². The van der Waals surface area contributed by atoms with Crippen molar-refractivity contribution in [1.29, 1.82) is 0 Å². The number of hydrogen-bond donors (Lipinski definition) is 0. The summed E-state index contributed by atoms with van der Waals surface area (Å²) in [4.78, 5) is 37.7. The highest BCUT2D eigenvalue weighted by Crippen LogP contribution is 2.38. The van der Waals surface area contributed by atoms with Gasteiger partial charge in [0.2, 0.25) is 11.8 Å². The molecule has 2 saturated heterocycles. The van der Waals surface area contributed by atoms with E-state index in [-0.39, 0.29) is 43.1 Å². The third-order valence-corrected chi connectivity index (χ3v) is 6.26. The second-order valence-electron chi connectivity index (χ2n) is 8.81. The number of alkyl halides is 3. The lowest BCUT2D eigenvalue weighted by Crippen LogP contribution is -2.40. The molecule has 2 atom stereocenters. The summed E-state index contributed by atoms with van der Waals surface area (Å²) >= 11 is 0. The van der Waals surface area contributed by atoms with Gasteiger partial charge in [0.25, 0.3) is 5.91 Å². The van der Waals surface area contributed by atoms with Crippen molar-refractivity contribution in [1.82, 2.24) is 19.8 Å². The number of nitrogens with zero attached hydrogens (tertiary/aromatic N) is 4. The monoisotopic (exact) mass is 476 g/mol. The fourth-order valence-corrected chi connectivity index (χ4v) is 4.50. The Morgan fingerprint density at radius 3 is 2.65 bits per heavy atom. The van der Waals surface area contributed by atoms with E-state index in [0.29, 0.717) is 24.8 Å². The van der Waals surface area contributed by atoms with Crippen molar-refractivity contribution < 1.29 is 32.2 Å². The van der Waals surface area contributed by atoms with Crippen molar-refractivity contribution >= 4 is 11.8 Å². The average Bonchev–Trinajstić information content (AvgIpc) is 3.58. The minimum absolute atomic E-state index is 0.0690. The second kappa shape index (κ2) is 8.77. The number of halogens is 3. The van der Waals surface area contributed by atoms with E-state index in [4.69, 9.17) is 4.74 Å². The molecule has 11 heteroatoms. The van der Waals surface area contributed by atoms with Crippen LogP contribution in [0.4, 0.5) is 13.2 Å². The zero-order valence-electron chi connectivity index (χ0n) is 18.2. The third kappa shape index (κ3) is 5.07. The first-order chi connectivity index (χ1) is 16.2. The maximum absolute atomic E-state index is 13.0. The molecule has 3 heterocycles. The Hall–Kier alpha value is -3.37. The topological polar surface area (TPSA) is 84.9 Å². The minimum Gasteiger partial charge on any atom is -0.471 e. The van der Waals surface area contributed by atoms with E-state index in [9.17, 15) is 22.8 Å². The van der Waals surface area contributed by atoms with Crippen molar-refractivity contribution in [2.24, 2.45) is 0 Å². The van der Waals surface area contributed by atoms with Crippen LogP contribution in [0, 0.1) is 0 Å². The predicted molar refractivity (Wildman–Crippen MR) is 112 cm³/mol. The molecule has 1 saturated carbocycles. The van der Waals surface area contributed by atoms with Gasteiger partial charge in [-0.3, -0.25) is 14.6 Å². The van der Waals surface area contributed by atoms with E-state index >= 15 is 0 Å². The van der Waals surface area contributed by atoms with Crippen LogP contribution in [0.2, 0.25) is 0 Å². The third-order valence-electron chi connectivity index (χ3n) is 6.26. The van der Waals surface area contributed by atoms with Crippen molar-refractivity contribution in [2.45, 2.75) is 50.1 Å². The molecular formula is C23H23F3N4O4. The molecule has 180 valence electrons. The average molecular weight is 476 g/mol. The molecule has 2 amide bonds. The Labute approximate surface area is 193 Å². The van der Waals surface area contributed by atoms with Gasteiger partial charge in [0.05, 0.1) is 30.7 Å². The number of benzene rings is 1. The van der Waals surface area contributed by atoms with Crippen molar-refractivity contribution in [3.63, 3.8) is 0 Å². The molecule has 5 rings (SSSR count). The first-order valence-corrected chi connectivity index (χ1v) is 11.2. The molecule has 3 aliphatic rings. The van der Waals surface area contributed by atoms with Crippen LogP contribution in [0.15, 0.2) is 36.7 Å². The molecular weight excluding hydrogens is 453 g/mol. The Morgan fingerprint density at radius 2 is 1.94 bits per heavy atom. The number of rotatable bonds is 5. The Morgan fingerprint density at radius 1 is 1.12 bits per heavy atom. The maximum Gasteiger partial charge on any atom is 0.573 e. The van der Waals surface area contributed by atoms with Crippen LogP contribution in [-0.2, 0) is 4.79 Å². The molecule has 1 aliphatic carbocycles. The van der Waals surface area contributed by atoms with Gasteiger partial charge in [-0.25, -0.2) is 4.98 Å². The lowest BCUT2D eigenvalue weighted by Gasteiger charge is -2.25. The fraction of sp³-hybridized carbons (Fsp3) is 0.478. The number of carbonyl (C=O) groups excluding carboxylic acids is 2. The minimum atomic E-state index is -4.85. The maximum atomic E-state index is 13.0. The molecule has 2 aliphatic heterocycles. The van der Waals surface area contributed by atoms with Crippen molar-refractivity contribution in [3.8, 4) is 11.6 Å². The van der Waals surface area contributed by atoms with Crippen LogP contribution in [0.3, 0.4) is 0 Å². The van der Waals surface area contributed by atoms with Crippen LogP contribution in [-0.4, -0.2) is 69.7 Å². The molecule has 1 aromatic heterocycles. The smallest absolute Gasteiger partial charge is 0.471 e.